The van der Waals surface area contributed by atoms with Crippen molar-refractivity contribution in [2.75, 3.05) is 6.61 Å². The normalized spacial score (nSPS) is 11.6. The Labute approximate surface area is 277 Å². The molecule has 0 aliphatic rings. The summed E-state index contributed by atoms with van der Waals surface area (Å²) in [6.45, 7) is 15.5. The standard InChI is InChI=1S/C35H62O3.C6H6O/c1-8-9-10-11-12-13-14-15-16-17-18-19-20-21-22-23-26-38-32(36)25-24-29-27-30(34(2,3)4)33(37)31(28-29)35(5,6)7;7-6-4-2-1-3-5-6/h27-28,37H,8-26H2,1-7H3;1-5,7H. The summed E-state index contributed by atoms with van der Waals surface area (Å²) in [4.78, 5) is 12.3. The van der Waals surface area contributed by atoms with Crippen LogP contribution in [0.15, 0.2) is 42.5 Å². The van der Waals surface area contributed by atoms with Crippen molar-refractivity contribution in [1.29, 1.82) is 0 Å². The van der Waals surface area contributed by atoms with Gasteiger partial charge in [-0.2, -0.15) is 0 Å². The molecule has 45 heavy (non-hydrogen) atoms. The van der Waals surface area contributed by atoms with Gasteiger partial charge in [0.05, 0.1) is 6.61 Å². The van der Waals surface area contributed by atoms with Gasteiger partial charge in [0.1, 0.15) is 11.5 Å². The number of carbonyl (C=O) groups excluding carboxylic acids is 1. The van der Waals surface area contributed by atoms with Gasteiger partial charge in [-0.3, -0.25) is 4.79 Å². The monoisotopic (exact) mass is 625 g/mol. The van der Waals surface area contributed by atoms with E-state index in [1.54, 1.807) is 24.3 Å². The second-order valence-electron chi connectivity index (χ2n) is 14.9. The molecule has 0 aliphatic carbocycles. The fourth-order valence-corrected chi connectivity index (χ4v) is 5.56. The van der Waals surface area contributed by atoms with Crippen LogP contribution in [0.4, 0.5) is 0 Å². The number of hydrogen-bond donors (Lipinski definition) is 2. The molecule has 4 nitrogen and oxygen atoms in total. The molecule has 4 heteroatoms. The van der Waals surface area contributed by atoms with Gasteiger partial charge in [-0.15, -0.1) is 0 Å². The van der Waals surface area contributed by atoms with E-state index in [4.69, 9.17) is 9.84 Å². The van der Waals surface area contributed by atoms with Crippen molar-refractivity contribution in [2.45, 2.75) is 175 Å². The molecule has 0 fully saturated rings. The fourth-order valence-electron chi connectivity index (χ4n) is 5.56. The van der Waals surface area contributed by atoms with Crippen molar-refractivity contribution in [3.63, 3.8) is 0 Å². The van der Waals surface area contributed by atoms with Crippen LogP contribution in [0, 0.1) is 0 Å². The van der Waals surface area contributed by atoms with Gasteiger partial charge in [-0.25, -0.2) is 0 Å². The molecule has 256 valence electrons. The maximum Gasteiger partial charge on any atom is 0.306 e. The van der Waals surface area contributed by atoms with Crippen LogP contribution in [0.25, 0.3) is 0 Å². The molecule has 0 bridgehead atoms. The summed E-state index contributed by atoms with van der Waals surface area (Å²) in [6.07, 6.45) is 22.5. The van der Waals surface area contributed by atoms with Gasteiger partial charge < -0.3 is 14.9 Å². The lowest BCUT2D eigenvalue weighted by Gasteiger charge is -2.28. The molecule has 0 aromatic heterocycles. The molecule has 0 unspecified atom stereocenters. The maximum absolute atomic E-state index is 12.3. The van der Waals surface area contributed by atoms with E-state index in [0.29, 0.717) is 30.9 Å². The molecule has 0 saturated carbocycles. The van der Waals surface area contributed by atoms with Crippen molar-refractivity contribution in [1.82, 2.24) is 0 Å². The lowest BCUT2D eigenvalue weighted by molar-refractivity contribution is -0.143. The quantitative estimate of drug-likeness (QED) is 0.114. The third kappa shape index (κ3) is 19.6. The van der Waals surface area contributed by atoms with E-state index in [0.717, 1.165) is 29.5 Å². The smallest absolute Gasteiger partial charge is 0.306 e. The minimum Gasteiger partial charge on any atom is -0.508 e. The highest BCUT2D eigenvalue weighted by atomic mass is 16.5. The van der Waals surface area contributed by atoms with Crippen LogP contribution in [0.5, 0.6) is 11.5 Å². The number of phenolic OH excluding ortho intramolecular Hbond substituents is 2. The summed E-state index contributed by atoms with van der Waals surface area (Å²) in [5, 5.41) is 19.5. The van der Waals surface area contributed by atoms with Crippen LogP contribution in [0.3, 0.4) is 0 Å². The average Bonchev–Trinajstić information content (AvgIpc) is 2.97. The van der Waals surface area contributed by atoms with E-state index in [-0.39, 0.29) is 16.8 Å². The summed E-state index contributed by atoms with van der Waals surface area (Å²) >= 11 is 0. The first-order chi connectivity index (χ1) is 21.4. The van der Waals surface area contributed by atoms with E-state index in [1.807, 2.05) is 6.07 Å². The molecule has 2 aromatic carbocycles. The molecule has 0 heterocycles. The van der Waals surface area contributed by atoms with Gasteiger partial charge in [0.25, 0.3) is 0 Å². The zero-order valence-corrected chi connectivity index (χ0v) is 30.2. The highest BCUT2D eigenvalue weighted by Crippen LogP contribution is 2.40. The summed E-state index contributed by atoms with van der Waals surface area (Å²) in [7, 11) is 0. The Bertz CT molecular complexity index is 995. The minimum absolute atomic E-state index is 0.117. The predicted molar refractivity (Wildman–Crippen MR) is 192 cm³/mol. The van der Waals surface area contributed by atoms with E-state index in [2.05, 4.69) is 60.6 Å². The molecule has 0 amide bonds. The van der Waals surface area contributed by atoms with E-state index in [1.165, 1.54) is 89.9 Å². The second kappa shape index (κ2) is 22.9. The number of esters is 1. The highest BCUT2D eigenvalue weighted by Gasteiger charge is 2.26. The molecular formula is C41H68O4. The summed E-state index contributed by atoms with van der Waals surface area (Å²) in [6, 6.07) is 12.8. The topological polar surface area (TPSA) is 66.8 Å². The summed E-state index contributed by atoms with van der Waals surface area (Å²) in [5.74, 6) is 0.593. The van der Waals surface area contributed by atoms with E-state index >= 15 is 0 Å². The Kier molecular flexibility index (Phi) is 20.7. The van der Waals surface area contributed by atoms with Crippen LogP contribution in [-0.2, 0) is 26.8 Å². The number of para-hydroxylation sites is 1. The number of benzene rings is 2. The third-order valence-corrected chi connectivity index (χ3v) is 8.42. The molecule has 0 spiro atoms. The third-order valence-electron chi connectivity index (χ3n) is 8.42. The van der Waals surface area contributed by atoms with Crippen LogP contribution in [0.2, 0.25) is 0 Å². The predicted octanol–water partition coefficient (Wildman–Crippen LogP) is 12.1. The van der Waals surface area contributed by atoms with Gasteiger partial charge in [0.15, 0.2) is 0 Å². The first kappa shape index (κ1) is 40.5. The number of aromatic hydroxyl groups is 2. The van der Waals surface area contributed by atoms with Crippen LogP contribution < -0.4 is 0 Å². The van der Waals surface area contributed by atoms with Gasteiger partial charge in [-0.1, -0.05) is 175 Å². The molecule has 0 radical (unpaired) electrons. The molecule has 0 aliphatic heterocycles. The largest absolute Gasteiger partial charge is 0.508 e. The SMILES string of the molecule is CCCCCCCCCCCCCCCCCCOC(=O)CCc1cc(C(C)(C)C)c(O)c(C(C)(C)C)c1.Oc1ccccc1. The van der Waals surface area contributed by atoms with Crippen molar-refractivity contribution in [3.05, 3.63) is 59.2 Å². The van der Waals surface area contributed by atoms with Crippen molar-refractivity contribution < 1.29 is 19.7 Å². The Morgan fingerprint density at radius 3 is 1.38 bits per heavy atom. The number of rotatable bonds is 20. The van der Waals surface area contributed by atoms with Gasteiger partial charge in [0, 0.05) is 6.42 Å². The first-order valence-corrected chi connectivity index (χ1v) is 18.1. The molecule has 2 rings (SSSR count). The van der Waals surface area contributed by atoms with Crippen LogP contribution >= 0.6 is 0 Å². The maximum atomic E-state index is 12.3. The fraction of sp³-hybridized carbons (Fsp3) is 0.683. The lowest BCUT2D eigenvalue weighted by Crippen LogP contribution is -2.18. The number of unbranched alkanes of at least 4 members (excludes halogenated alkanes) is 15. The number of hydrogen-bond acceptors (Lipinski definition) is 4. The Morgan fingerprint density at radius 2 is 1.02 bits per heavy atom. The minimum atomic E-state index is -0.159. The zero-order valence-electron chi connectivity index (χ0n) is 30.2. The molecule has 0 saturated heterocycles. The first-order valence-electron chi connectivity index (χ1n) is 18.1. The molecular weight excluding hydrogens is 556 g/mol. The van der Waals surface area contributed by atoms with E-state index < -0.39 is 0 Å². The molecule has 2 aromatic rings. The number of carbonyl (C=O) groups is 1. The molecule has 0 atom stereocenters. The Morgan fingerprint density at radius 1 is 0.622 bits per heavy atom. The van der Waals surface area contributed by atoms with Crippen LogP contribution in [0.1, 0.15) is 174 Å². The van der Waals surface area contributed by atoms with Gasteiger partial charge >= 0.3 is 5.97 Å². The average molecular weight is 625 g/mol. The summed E-state index contributed by atoms with van der Waals surface area (Å²) < 4.78 is 5.51. The Balaban J connectivity index is 0.00000126. The van der Waals surface area contributed by atoms with Gasteiger partial charge in [-0.05, 0) is 52.5 Å². The molecule has 2 N–H and O–H groups in total. The van der Waals surface area contributed by atoms with Crippen molar-refractivity contribution in [2.24, 2.45) is 0 Å². The van der Waals surface area contributed by atoms with Crippen LogP contribution in [-0.4, -0.2) is 22.8 Å². The Hall–Kier alpha value is -2.49. The number of phenols is 2. The zero-order chi connectivity index (χ0) is 33.6. The highest BCUT2D eigenvalue weighted by molar-refractivity contribution is 5.69. The lowest BCUT2D eigenvalue weighted by atomic mass is 9.78. The van der Waals surface area contributed by atoms with E-state index in [9.17, 15) is 9.90 Å². The van der Waals surface area contributed by atoms with Crippen molar-refractivity contribution in [3.8, 4) is 11.5 Å². The number of ether oxygens (including phenoxy) is 1. The number of aryl methyl sites for hydroxylation is 1. The van der Waals surface area contributed by atoms with Crippen molar-refractivity contribution >= 4 is 5.97 Å². The summed E-state index contributed by atoms with van der Waals surface area (Å²) in [5.41, 5.74) is 2.67. The second-order valence-corrected chi connectivity index (χ2v) is 14.9. The van der Waals surface area contributed by atoms with Gasteiger partial charge in [0.2, 0.25) is 0 Å².